The largest absolute Gasteiger partial charge is 0.482 e. The molecular weight excluding hydrogens is 399 g/mol. The van der Waals surface area contributed by atoms with E-state index in [4.69, 9.17) is 33.0 Å². The van der Waals surface area contributed by atoms with E-state index in [-0.39, 0.29) is 17.2 Å². The predicted octanol–water partition coefficient (Wildman–Crippen LogP) is 4.84. The highest BCUT2D eigenvalue weighted by Crippen LogP contribution is 2.40. The number of carboxylic acids is 1. The first-order valence-corrected chi connectivity index (χ1v) is 9.46. The van der Waals surface area contributed by atoms with Crippen molar-refractivity contribution < 1.29 is 14.6 Å². The lowest BCUT2D eigenvalue weighted by atomic mass is 10.1. The summed E-state index contributed by atoms with van der Waals surface area (Å²) in [5, 5.41) is 16.2. The Hall–Kier alpha value is -1.70. The smallest absolute Gasteiger partial charge is 0.341 e. The van der Waals surface area contributed by atoms with Gasteiger partial charge in [0.2, 0.25) is 0 Å². The van der Waals surface area contributed by atoms with Gasteiger partial charge in [0.1, 0.15) is 10.8 Å². The van der Waals surface area contributed by atoms with Crippen molar-refractivity contribution in [3.8, 4) is 5.75 Å². The molecule has 0 bridgehead atoms. The number of carboxylic acid groups (broad SMARTS) is 1. The van der Waals surface area contributed by atoms with Gasteiger partial charge in [0.25, 0.3) is 5.56 Å². The highest BCUT2D eigenvalue weighted by molar-refractivity contribution is 7.99. The van der Waals surface area contributed by atoms with E-state index in [0.717, 1.165) is 0 Å². The molecule has 0 aliphatic rings. The molecule has 6 nitrogen and oxygen atoms in total. The van der Waals surface area contributed by atoms with Gasteiger partial charge in [-0.1, -0.05) is 62.7 Å². The second kappa shape index (κ2) is 10.4. The van der Waals surface area contributed by atoms with Crippen molar-refractivity contribution in [1.82, 2.24) is 10.2 Å². The second-order valence-corrected chi connectivity index (χ2v) is 6.99. The number of hydrogen-bond acceptors (Lipinski definition) is 5. The Labute approximate surface area is 165 Å². The predicted molar refractivity (Wildman–Crippen MR) is 104 cm³/mol. The van der Waals surface area contributed by atoms with E-state index in [1.807, 2.05) is 27.7 Å². The van der Waals surface area contributed by atoms with Gasteiger partial charge in [-0.25, -0.2) is 9.89 Å². The summed E-state index contributed by atoms with van der Waals surface area (Å²) in [5.74, 6) is -0.790. The van der Waals surface area contributed by atoms with Crippen LogP contribution in [0.15, 0.2) is 32.9 Å². The summed E-state index contributed by atoms with van der Waals surface area (Å²) >= 11 is 13.6. The Morgan fingerprint density at radius 1 is 1.27 bits per heavy atom. The first-order valence-electron chi connectivity index (χ1n) is 7.89. The zero-order valence-corrected chi connectivity index (χ0v) is 17.1. The molecule has 0 amide bonds. The molecule has 0 aliphatic carbocycles. The molecule has 2 aromatic rings. The van der Waals surface area contributed by atoms with E-state index < -0.39 is 12.6 Å². The van der Waals surface area contributed by atoms with E-state index in [1.54, 1.807) is 6.07 Å². The Bertz CT molecular complexity index is 802. The molecule has 0 aliphatic heterocycles. The summed E-state index contributed by atoms with van der Waals surface area (Å²) in [6.45, 7) is 7.33. The number of aromatic amines is 1. The lowest BCUT2D eigenvalue weighted by Crippen LogP contribution is -2.15. The third-order valence-corrected chi connectivity index (χ3v) is 4.85. The van der Waals surface area contributed by atoms with Gasteiger partial charge in [-0.05, 0) is 12.0 Å². The first-order chi connectivity index (χ1) is 12.3. The maximum atomic E-state index is 11.7. The fourth-order valence-electron chi connectivity index (χ4n) is 1.85. The number of nitrogens with one attached hydrogen (secondary N) is 1. The van der Waals surface area contributed by atoms with Crippen LogP contribution in [-0.4, -0.2) is 27.9 Å². The van der Waals surface area contributed by atoms with Crippen LogP contribution in [0.25, 0.3) is 0 Å². The molecule has 0 saturated heterocycles. The minimum absolute atomic E-state index is 0.0499. The summed E-state index contributed by atoms with van der Waals surface area (Å²) in [4.78, 5) is 22.8. The zero-order chi connectivity index (χ0) is 19.9. The fraction of sp³-hybridized carbons (Fsp3) is 0.353. The highest BCUT2D eigenvalue weighted by atomic mass is 35.5. The van der Waals surface area contributed by atoms with Crippen LogP contribution in [0.1, 0.15) is 39.2 Å². The number of nitrogens with zero attached hydrogens (tertiary/aromatic N) is 1. The van der Waals surface area contributed by atoms with Gasteiger partial charge in [0, 0.05) is 17.7 Å². The number of hydrogen-bond donors (Lipinski definition) is 2. The van der Waals surface area contributed by atoms with Crippen molar-refractivity contribution in [3.63, 3.8) is 0 Å². The highest BCUT2D eigenvalue weighted by Gasteiger charge is 2.14. The van der Waals surface area contributed by atoms with Crippen molar-refractivity contribution in [2.24, 2.45) is 0 Å². The molecule has 0 fully saturated rings. The van der Waals surface area contributed by atoms with Gasteiger partial charge >= 0.3 is 5.97 Å². The maximum Gasteiger partial charge on any atom is 0.341 e. The monoisotopic (exact) mass is 418 g/mol. The SMILES string of the molecule is CC.CC(C)c1cc(Sc2c(Cl)cc(OCC(=O)O)cc2Cl)n[nH]c1=O. The molecule has 1 aromatic heterocycles. The minimum Gasteiger partial charge on any atom is -0.482 e. The van der Waals surface area contributed by atoms with Crippen molar-refractivity contribution in [1.29, 1.82) is 0 Å². The summed E-state index contributed by atoms with van der Waals surface area (Å²) < 4.78 is 5.06. The van der Waals surface area contributed by atoms with Crippen LogP contribution in [-0.2, 0) is 4.79 Å². The van der Waals surface area contributed by atoms with Gasteiger partial charge < -0.3 is 9.84 Å². The molecule has 26 heavy (non-hydrogen) atoms. The minimum atomic E-state index is -1.10. The molecule has 9 heteroatoms. The van der Waals surface area contributed by atoms with Crippen LogP contribution >= 0.6 is 35.0 Å². The van der Waals surface area contributed by atoms with Gasteiger partial charge in [-0.2, -0.15) is 5.10 Å². The van der Waals surface area contributed by atoms with Crippen molar-refractivity contribution in [2.45, 2.75) is 43.5 Å². The second-order valence-electron chi connectivity index (χ2n) is 5.15. The summed E-state index contributed by atoms with van der Waals surface area (Å²) in [5.41, 5.74) is 0.380. The third kappa shape index (κ3) is 6.23. The Morgan fingerprint density at radius 3 is 2.35 bits per heavy atom. The summed E-state index contributed by atoms with van der Waals surface area (Å²) in [7, 11) is 0. The van der Waals surface area contributed by atoms with Crippen LogP contribution in [0, 0.1) is 0 Å². The lowest BCUT2D eigenvalue weighted by Gasteiger charge is -2.10. The van der Waals surface area contributed by atoms with Gasteiger partial charge in [-0.15, -0.1) is 0 Å². The Kier molecular flexibility index (Phi) is 8.98. The van der Waals surface area contributed by atoms with Crippen LogP contribution in [0.3, 0.4) is 0 Å². The number of carbonyl (C=O) groups is 1. The number of halogens is 2. The molecule has 0 saturated carbocycles. The zero-order valence-electron chi connectivity index (χ0n) is 14.8. The average Bonchev–Trinajstić information content (AvgIpc) is 2.59. The van der Waals surface area contributed by atoms with Gasteiger partial charge in [0.15, 0.2) is 6.61 Å². The standard InChI is InChI=1S/C15H14Cl2N2O4S.C2H6/c1-7(2)9-5-12(18-19-15(9)22)24-14-10(16)3-8(4-11(14)17)23-6-13(20)21;1-2/h3-5,7H,6H2,1-2H3,(H,19,22)(H,20,21);1-2H3. The van der Waals surface area contributed by atoms with Crippen molar-refractivity contribution in [2.75, 3.05) is 6.61 Å². The van der Waals surface area contributed by atoms with E-state index in [9.17, 15) is 9.59 Å². The molecule has 142 valence electrons. The van der Waals surface area contributed by atoms with Crippen molar-refractivity contribution in [3.05, 3.63) is 44.2 Å². The van der Waals surface area contributed by atoms with Crippen LogP contribution in [0.4, 0.5) is 0 Å². The number of rotatable bonds is 6. The van der Waals surface area contributed by atoms with E-state index in [0.29, 0.717) is 25.5 Å². The quantitative estimate of drug-likeness (QED) is 0.696. The molecule has 0 unspecified atom stereocenters. The number of aromatic nitrogens is 2. The molecule has 2 N–H and O–H groups in total. The number of ether oxygens (including phenoxy) is 1. The van der Waals surface area contributed by atoms with Crippen LogP contribution in [0.2, 0.25) is 10.0 Å². The van der Waals surface area contributed by atoms with Gasteiger partial charge in [-0.3, -0.25) is 4.79 Å². The molecule has 0 spiro atoms. The van der Waals surface area contributed by atoms with E-state index >= 15 is 0 Å². The number of benzene rings is 1. The summed E-state index contributed by atoms with van der Waals surface area (Å²) in [6.07, 6.45) is 0. The summed E-state index contributed by atoms with van der Waals surface area (Å²) in [6, 6.07) is 4.65. The van der Waals surface area contributed by atoms with E-state index in [1.165, 1.54) is 23.9 Å². The first kappa shape index (κ1) is 22.3. The van der Waals surface area contributed by atoms with Crippen molar-refractivity contribution >= 4 is 40.9 Å². The Balaban J connectivity index is 0.00000163. The lowest BCUT2D eigenvalue weighted by molar-refractivity contribution is -0.139. The number of H-pyrrole nitrogens is 1. The van der Waals surface area contributed by atoms with Gasteiger partial charge in [0.05, 0.1) is 14.9 Å². The molecule has 0 atom stereocenters. The normalized spacial score (nSPS) is 10.3. The molecule has 1 heterocycles. The van der Waals surface area contributed by atoms with Crippen LogP contribution < -0.4 is 10.3 Å². The van der Waals surface area contributed by atoms with E-state index in [2.05, 4.69) is 10.2 Å². The molecule has 2 rings (SSSR count). The Morgan fingerprint density at radius 2 is 1.85 bits per heavy atom. The average molecular weight is 419 g/mol. The third-order valence-electron chi connectivity index (χ3n) is 2.97. The van der Waals surface area contributed by atoms with Crippen LogP contribution in [0.5, 0.6) is 5.75 Å². The maximum absolute atomic E-state index is 11.7. The molecule has 0 radical (unpaired) electrons. The fourth-order valence-corrected chi connectivity index (χ4v) is 3.35. The molecular formula is C17H20Cl2N2O4S. The molecule has 1 aromatic carbocycles. The number of aliphatic carboxylic acids is 1. The topological polar surface area (TPSA) is 92.3 Å².